The van der Waals surface area contributed by atoms with E-state index in [1.807, 2.05) is 11.4 Å². The average molecular weight is 260 g/mol. The predicted molar refractivity (Wildman–Crippen MR) is 70.6 cm³/mol. The molecule has 0 atom stereocenters. The van der Waals surface area contributed by atoms with Crippen LogP contribution in [0.15, 0.2) is 41.8 Å². The van der Waals surface area contributed by atoms with Crippen molar-refractivity contribution in [2.24, 2.45) is 0 Å². The molecule has 0 N–H and O–H groups in total. The van der Waals surface area contributed by atoms with Gasteiger partial charge in [-0.3, -0.25) is 9.59 Å². The molecule has 0 aliphatic rings. The molecule has 1 aromatic carbocycles. The molecule has 0 saturated carbocycles. The van der Waals surface area contributed by atoms with E-state index in [0.29, 0.717) is 16.2 Å². The molecule has 3 nitrogen and oxygen atoms in total. The number of ether oxygens (including phenoxy) is 1. The van der Waals surface area contributed by atoms with Crippen molar-refractivity contribution in [3.63, 3.8) is 0 Å². The third-order valence-corrected chi connectivity index (χ3v) is 3.33. The molecule has 1 heterocycles. The summed E-state index contributed by atoms with van der Waals surface area (Å²) >= 11 is 1.38. The van der Waals surface area contributed by atoms with Crippen LogP contribution in [0, 0.1) is 0 Å². The van der Waals surface area contributed by atoms with Gasteiger partial charge < -0.3 is 4.74 Å². The monoisotopic (exact) mass is 260 g/mol. The Hall–Kier alpha value is -1.94. The predicted octanol–water partition coefficient (Wildman–Crippen LogP) is 3.21. The van der Waals surface area contributed by atoms with Crippen molar-refractivity contribution < 1.29 is 14.3 Å². The van der Waals surface area contributed by atoms with Gasteiger partial charge in [0.2, 0.25) is 5.78 Å². The largest absolute Gasteiger partial charge is 0.485 e. The van der Waals surface area contributed by atoms with Gasteiger partial charge in [-0.1, -0.05) is 18.2 Å². The number of hydrogen-bond donors (Lipinski definition) is 0. The third kappa shape index (κ3) is 2.84. The minimum Gasteiger partial charge on any atom is -0.485 e. The Morgan fingerprint density at radius 2 is 1.94 bits per heavy atom. The number of rotatable bonds is 5. The first-order chi connectivity index (χ1) is 8.68. The zero-order chi connectivity index (χ0) is 13.0. The summed E-state index contributed by atoms with van der Waals surface area (Å²) in [5.41, 5.74) is 0.497. The second-order valence-electron chi connectivity index (χ2n) is 3.74. The first-order valence-electron chi connectivity index (χ1n) is 5.48. The smallest absolute Gasteiger partial charge is 0.210 e. The molecule has 0 radical (unpaired) electrons. The van der Waals surface area contributed by atoms with E-state index < -0.39 is 0 Å². The lowest BCUT2D eigenvalue weighted by molar-refractivity contribution is 0.0917. The lowest BCUT2D eigenvalue weighted by Gasteiger charge is -2.08. The quantitative estimate of drug-likeness (QED) is 0.775. The highest BCUT2D eigenvalue weighted by Gasteiger charge is 2.11. The number of carbonyl (C=O) groups excluding carboxylic acids is 2. The summed E-state index contributed by atoms with van der Waals surface area (Å²) in [7, 11) is 0. The van der Waals surface area contributed by atoms with Crippen molar-refractivity contribution in [2.75, 3.05) is 6.61 Å². The van der Waals surface area contributed by atoms with Crippen LogP contribution in [0.25, 0.3) is 0 Å². The van der Waals surface area contributed by atoms with Gasteiger partial charge in [-0.05, 0) is 30.5 Å². The molecular weight excluding hydrogens is 248 g/mol. The van der Waals surface area contributed by atoms with Crippen LogP contribution >= 0.6 is 11.3 Å². The minimum atomic E-state index is -0.0802. The van der Waals surface area contributed by atoms with Gasteiger partial charge in [0, 0.05) is 0 Å². The highest BCUT2D eigenvalue weighted by atomic mass is 32.1. The highest BCUT2D eigenvalue weighted by Crippen LogP contribution is 2.19. The van der Waals surface area contributed by atoms with E-state index in [4.69, 9.17) is 4.74 Å². The van der Waals surface area contributed by atoms with E-state index in [1.54, 1.807) is 30.3 Å². The molecule has 0 fully saturated rings. The number of para-hydroxylation sites is 1. The van der Waals surface area contributed by atoms with Gasteiger partial charge in [0.05, 0.1) is 10.4 Å². The first-order valence-corrected chi connectivity index (χ1v) is 6.36. The summed E-state index contributed by atoms with van der Waals surface area (Å²) in [4.78, 5) is 23.8. The number of carbonyl (C=O) groups is 2. The number of benzene rings is 1. The number of thiophene rings is 1. The topological polar surface area (TPSA) is 43.4 Å². The zero-order valence-corrected chi connectivity index (χ0v) is 10.7. The molecule has 0 aliphatic carbocycles. The van der Waals surface area contributed by atoms with Gasteiger partial charge in [-0.15, -0.1) is 11.3 Å². The maximum Gasteiger partial charge on any atom is 0.210 e. The standard InChI is InChI=1S/C14H12O3S/c1-10(15)11-5-2-3-6-13(11)17-9-12(16)14-7-4-8-18-14/h2-8H,9H2,1H3. The Morgan fingerprint density at radius 1 is 1.17 bits per heavy atom. The van der Waals surface area contributed by atoms with E-state index >= 15 is 0 Å². The maximum atomic E-state index is 11.8. The summed E-state index contributed by atoms with van der Waals surface area (Å²) in [6.45, 7) is 1.42. The second kappa shape index (κ2) is 5.60. The van der Waals surface area contributed by atoms with Crippen molar-refractivity contribution >= 4 is 22.9 Å². The molecule has 2 aromatic rings. The van der Waals surface area contributed by atoms with Gasteiger partial charge >= 0.3 is 0 Å². The Kier molecular flexibility index (Phi) is 3.89. The average Bonchev–Trinajstić information content (AvgIpc) is 2.90. The molecule has 0 aliphatic heterocycles. The van der Waals surface area contributed by atoms with Crippen LogP contribution in [0.4, 0.5) is 0 Å². The van der Waals surface area contributed by atoms with Crippen molar-refractivity contribution in [1.82, 2.24) is 0 Å². The minimum absolute atomic E-state index is 0.0508. The van der Waals surface area contributed by atoms with Gasteiger partial charge in [-0.2, -0.15) is 0 Å². The Labute approximate surface area is 109 Å². The van der Waals surface area contributed by atoms with Crippen molar-refractivity contribution in [3.8, 4) is 5.75 Å². The van der Waals surface area contributed by atoms with Crippen LogP contribution in [0.1, 0.15) is 27.0 Å². The van der Waals surface area contributed by atoms with Gasteiger partial charge in [0.25, 0.3) is 0 Å². The van der Waals surface area contributed by atoms with E-state index in [1.165, 1.54) is 18.3 Å². The van der Waals surface area contributed by atoms with Crippen molar-refractivity contribution in [1.29, 1.82) is 0 Å². The Balaban J connectivity index is 2.07. The molecule has 18 heavy (non-hydrogen) atoms. The summed E-state index contributed by atoms with van der Waals surface area (Å²) in [5, 5.41) is 1.84. The van der Waals surface area contributed by atoms with E-state index in [-0.39, 0.29) is 18.2 Å². The van der Waals surface area contributed by atoms with E-state index in [0.717, 1.165) is 0 Å². The van der Waals surface area contributed by atoms with Crippen molar-refractivity contribution in [3.05, 3.63) is 52.2 Å². The van der Waals surface area contributed by atoms with Crippen LogP contribution in [-0.2, 0) is 0 Å². The molecule has 4 heteroatoms. The highest BCUT2D eigenvalue weighted by molar-refractivity contribution is 7.12. The van der Waals surface area contributed by atoms with Crippen LogP contribution in [0.2, 0.25) is 0 Å². The fourth-order valence-electron chi connectivity index (χ4n) is 1.54. The molecule has 2 rings (SSSR count). The van der Waals surface area contributed by atoms with Crippen LogP contribution < -0.4 is 4.74 Å². The van der Waals surface area contributed by atoms with Gasteiger partial charge in [0.15, 0.2) is 12.4 Å². The molecule has 0 saturated heterocycles. The second-order valence-corrected chi connectivity index (χ2v) is 4.69. The van der Waals surface area contributed by atoms with Gasteiger partial charge in [-0.25, -0.2) is 0 Å². The molecule has 0 bridgehead atoms. The van der Waals surface area contributed by atoms with Crippen molar-refractivity contribution in [2.45, 2.75) is 6.92 Å². The van der Waals surface area contributed by atoms with Gasteiger partial charge in [0.1, 0.15) is 5.75 Å². The van der Waals surface area contributed by atoms with E-state index in [9.17, 15) is 9.59 Å². The number of Topliss-reactive ketones (excluding diaryl/α,β-unsaturated/α-hetero) is 2. The lowest BCUT2D eigenvalue weighted by Crippen LogP contribution is -2.11. The summed E-state index contributed by atoms with van der Waals surface area (Å²) in [5.74, 6) is 0.299. The fraction of sp³-hybridized carbons (Fsp3) is 0.143. The normalized spacial score (nSPS) is 10.1. The third-order valence-electron chi connectivity index (χ3n) is 2.42. The SMILES string of the molecule is CC(=O)c1ccccc1OCC(=O)c1cccs1. The maximum absolute atomic E-state index is 11.8. The molecular formula is C14H12O3S. The fourth-order valence-corrected chi connectivity index (χ4v) is 2.19. The first kappa shape index (κ1) is 12.5. The van der Waals surface area contributed by atoms with E-state index in [2.05, 4.69) is 0 Å². The molecule has 92 valence electrons. The molecule has 0 amide bonds. The number of ketones is 2. The van der Waals surface area contributed by atoms with Crippen LogP contribution in [-0.4, -0.2) is 18.2 Å². The summed E-state index contributed by atoms with van der Waals surface area (Å²) < 4.78 is 5.42. The summed E-state index contributed by atoms with van der Waals surface area (Å²) in [6, 6.07) is 10.5. The number of hydrogen-bond acceptors (Lipinski definition) is 4. The lowest BCUT2D eigenvalue weighted by atomic mass is 10.1. The molecule has 0 spiro atoms. The van der Waals surface area contributed by atoms with Crippen LogP contribution in [0.5, 0.6) is 5.75 Å². The zero-order valence-electron chi connectivity index (χ0n) is 9.88. The van der Waals surface area contributed by atoms with Crippen LogP contribution in [0.3, 0.4) is 0 Å². The Morgan fingerprint density at radius 3 is 2.61 bits per heavy atom. The molecule has 0 unspecified atom stereocenters. The Bertz CT molecular complexity index is 558. The molecule has 1 aromatic heterocycles. The summed E-state index contributed by atoms with van der Waals surface area (Å²) in [6.07, 6.45) is 0.